The summed E-state index contributed by atoms with van der Waals surface area (Å²) in [7, 11) is 0. The molecule has 2 rings (SSSR count). The van der Waals surface area contributed by atoms with E-state index in [4.69, 9.17) is 10.00 Å². The maximum atomic E-state index is 10.5. The predicted octanol–water partition coefficient (Wildman–Crippen LogP) is 2.56. The first-order chi connectivity index (χ1) is 8.33. The summed E-state index contributed by atoms with van der Waals surface area (Å²) in [6.45, 7) is 0. The Balaban J connectivity index is 2.25. The topological polar surface area (TPSA) is 63.0 Å². The van der Waals surface area contributed by atoms with Crippen LogP contribution in [0.4, 0.5) is 0 Å². The molecule has 0 aliphatic carbocycles. The Morgan fingerprint density at radius 1 is 1.24 bits per heavy atom. The van der Waals surface area contributed by atoms with E-state index in [9.17, 15) is 4.79 Å². The second kappa shape index (κ2) is 4.90. The van der Waals surface area contributed by atoms with Gasteiger partial charge < -0.3 is 4.74 Å². The highest BCUT2D eigenvalue weighted by atomic mass is 16.5. The maximum Gasteiger partial charge on any atom is 0.219 e. The van der Waals surface area contributed by atoms with Crippen molar-refractivity contribution in [3.05, 3.63) is 53.7 Å². The zero-order chi connectivity index (χ0) is 12.1. The fraction of sp³-hybridized carbons (Fsp3) is 0. The van der Waals surface area contributed by atoms with Crippen LogP contribution in [-0.2, 0) is 0 Å². The summed E-state index contributed by atoms with van der Waals surface area (Å²) >= 11 is 0. The Morgan fingerprint density at radius 2 is 2.06 bits per heavy atom. The van der Waals surface area contributed by atoms with Gasteiger partial charge in [0.15, 0.2) is 6.29 Å². The van der Waals surface area contributed by atoms with Crippen LogP contribution in [-0.4, -0.2) is 11.3 Å². The molecule has 0 aliphatic rings. The lowest BCUT2D eigenvalue weighted by molar-refractivity contribution is 0.112. The minimum atomic E-state index is 0.346. The number of pyridine rings is 1. The Bertz CT molecular complexity index is 571. The SMILES string of the molecule is N#Cc1ccccc1Oc1ccc(C=O)cn1. The van der Waals surface area contributed by atoms with Crippen molar-refractivity contribution in [2.45, 2.75) is 0 Å². The molecule has 1 aromatic heterocycles. The molecule has 0 N–H and O–H groups in total. The average Bonchev–Trinajstić information content (AvgIpc) is 2.40. The van der Waals surface area contributed by atoms with E-state index in [-0.39, 0.29) is 0 Å². The van der Waals surface area contributed by atoms with E-state index in [0.29, 0.717) is 29.0 Å². The number of aldehydes is 1. The maximum absolute atomic E-state index is 10.5. The van der Waals surface area contributed by atoms with Crippen LogP contribution in [0.1, 0.15) is 15.9 Å². The molecule has 0 fully saturated rings. The summed E-state index contributed by atoms with van der Waals surface area (Å²) in [5.41, 5.74) is 0.916. The number of hydrogen-bond acceptors (Lipinski definition) is 4. The van der Waals surface area contributed by atoms with Gasteiger partial charge in [-0.05, 0) is 18.2 Å². The Kier molecular flexibility index (Phi) is 3.13. The van der Waals surface area contributed by atoms with Gasteiger partial charge in [-0.25, -0.2) is 4.98 Å². The Labute approximate surface area is 98.1 Å². The van der Waals surface area contributed by atoms with Gasteiger partial charge in [0.2, 0.25) is 5.88 Å². The number of rotatable bonds is 3. The van der Waals surface area contributed by atoms with Gasteiger partial charge in [0.1, 0.15) is 11.8 Å². The molecule has 0 unspecified atom stereocenters. The summed E-state index contributed by atoms with van der Waals surface area (Å²) < 4.78 is 5.45. The highest BCUT2D eigenvalue weighted by molar-refractivity contribution is 5.74. The van der Waals surface area contributed by atoms with Gasteiger partial charge >= 0.3 is 0 Å². The second-order valence-corrected chi connectivity index (χ2v) is 3.26. The normalized spacial score (nSPS) is 9.35. The summed E-state index contributed by atoms with van der Waals surface area (Å²) in [5.74, 6) is 0.791. The van der Waals surface area contributed by atoms with Crippen LogP contribution in [0.5, 0.6) is 11.6 Å². The predicted molar refractivity (Wildman–Crippen MR) is 60.9 cm³/mol. The summed E-state index contributed by atoms with van der Waals surface area (Å²) in [5, 5.41) is 8.88. The molecule has 1 aromatic carbocycles. The third-order valence-corrected chi connectivity index (χ3v) is 2.12. The van der Waals surface area contributed by atoms with Crippen molar-refractivity contribution < 1.29 is 9.53 Å². The van der Waals surface area contributed by atoms with Gasteiger partial charge in [-0.2, -0.15) is 5.26 Å². The van der Waals surface area contributed by atoms with Crippen LogP contribution >= 0.6 is 0 Å². The molecule has 2 aromatic rings. The molecule has 0 amide bonds. The van der Waals surface area contributed by atoms with Gasteiger partial charge in [-0.1, -0.05) is 12.1 Å². The standard InChI is InChI=1S/C13H8N2O2/c14-7-11-3-1-2-4-12(11)17-13-6-5-10(9-16)8-15-13/h1-6,8-9H. The number of ether oxygens (including phenoxy) is 1. The first-order valence-electron chi connectivity index (χ1n) is 4.91. The van der Waals surface area contributed by atoms with Crippen molar-refractivity contribution in [2.75, 3.05) is 0 Å². The van der Waals surface area contributed by atoms with Crippen LogP contribution in [0.15, 0.2) is 42.6 Å². The average molecular weight is 224 g/mol. The van der Waals surface area contributed by atoms with E-state index < -0.39 is 0 Å². The van der Waals surface area contributed by atoms with Crippen molar-refractivity contribution >= 4 is 6.29 Å². The number of carbonyl (C=O) groups is 1. The van der Waals surface area contributed by atoms with Gasteiger partial charge in [0.25, 0.3) is 0 Å². The van der Waals surface area contributed by atoms with Gasteiger partial charge in [0, 0.05) is 17.8 Å². The molecule has 1 heterocycles. The quantitative estimate of drug-likeness (QED) is 0.751. The first kappa shape index (κ1) is 10.8. The number of hydrogen-bond donors (Lipinski definition) is 0. The minimum absolute atomic E-state index is 0.346. The molecule has 0 radical (unpaired) electrons. The van der Waals surface area contributed by atoms with E-state index >= 15 is 0 Å². The molecule has 0 saturated carbocycles. The molecule has 0 atom stereocenters. The second-order valence-electron chi connectivity index (χ2n) is 3.26. The van der Waals surface area contributed by atoms with Crippen LogP contribution in [0.25, 0.3) is 0 Å². The Morgan fingerprint density at radius 3 is 2.71 bits per heavy atom. The minimum Gasteiger partial charge on any atom is -0.438 e. The van der Waals surface area contributed by atoms with Gasteiger partial charge in [-0.15, -0.1) is 0 Å². The van der Waals surface area contributed by atoms with Crippen molar-refractivity contribution in [1.82, 2.24) is 4.98 Å². The molecule has 0 spiro atoms. The van der Waals surface area contributed by atoms with E-state index in [2.05, 4.69) is 4.98 Å². The van der Waals surface area contributed by atoms with Crippen molar-refractivity contribution in [3.63, 3.8) is 0 Å². The van der Waals surface area contributed by atoms with Crippen molar-refractivity contribution in [1.29, 1.82) is 5.26 Å². The molecule has 0 bridgehead atoms. The molecule has 82 valence electrons. The molecular weight excluding hydrogens is 216 g/mol. The van der Waals surface area contributed by atoms with Crippen molar-refractivity contribution in [2.24, 2.45) is 0 Å². The zero-order valence-electron chi connectivity index (χ0n) is 8.83. The van der Waals surface area contributed by atoms with E-state index in [1.165, 1.54) is 6.20 Å². The third kappa shape index (κ3) is 2.47. The number of nitrogens with zero attached hydrogens (tertiary/aromatic N) is 2. The number of carbonyl (C=O) groups excluding carboxylic acids is 1. The molecule has 17 heavy (non-hydrogen) atoms. The highest BCUT2D eigenvalue weighted by Crippen LogP contribution is 2.22. The fourth-order valence-corrected chi connectivity index (χ4v) is 1.28. The number of aromatic nitrogens is 1. The summed E-state index contributed by atoms with van der Waals surface area (Å²) in [6.07, 6.45) is 2.12. The Hall–Kier alpha value is -2.67. The number of benzene rings is 1. The number of para-hydroxylation sites is 1. The molecule has 0 saturated heterocycles. The molecule has 0 aliphatic heterocycles. The lowest BCUT2D eigenvalue weighted by atomic mass is 10.2. The van der Waals surface area contributed by atoms with Crippen LogP contribution in [0.3, 0.4) is 0 Å². The lowest BCUT2D eigenvalue weighted by Crippen LogP contribution is -1.91. The molecule has 4 heteroatoms. The molecule has 4 nitrogen and oxygen atoms in total. The van der Waals surface area contributed by atoms with Crippen LogP contribution in [0.2, 0.25) is 0 Å². The third-order valence-electron chi connectivity index (χ3n) is 2.12. The first-order valence-corrected chi connectivity index (χ1v) is 4.91. The van der Waals surface area contributed by atoms with Gasteiger partial charge in [0.05, 0.1) is 5.56 Å². The van der Waals surface area contributed by atoms with Gasteiger partial charge in [-0.3, -0.25) is 4.79 Å². The monoisotopic (exact) mass is 224 g/mol. The van der Waals surface area contributed by atoms with Crippen LogP contribution < -0.4 is 4.74 Å². The highest BCUT2D eigenvalue weighted by Gasteiger charge is 2.04. The largest absolute Gasteiger partial charge is 0.438 e. The van der Waals surface area contributed by atoms with E-state index in [1.807, 2.05) is 6.07 Å². The number of nitriles is 1. The fourth-order valence-electron chi connectivity index (χ4n) is 1.28. The zero-order valence-corrected chi connectivity index (χ0v) is 8.83. The summed E-state index contributed by atoms with van der Waals surface area (Å²) in [4.78, 5) is 14.4. The summed E-state index contributed by atoms with van der Waals surface area (Å²) in [6, 6.07) is 12.1. The lowest BCUT2D eigenvalue weighted by Gasteiger charge is -2.05. The van der Waals surface area contributed by atoms with Crippen molar-refractivity contribution in [3.8, 4) is 17.7 Å². The van der Waals surface area contributed by atoms with Crippen LogP contribution in [0, 0.1) is 11.3 Å². The van der Waals surface area contributed by atoms with E-state index in [1.54, 1.807) is 36.4 Å². The molecular formula is C13H8N2O2. The van der Waals surface area contributed by atoms with E-state index in [0.717, 1.165) is 0 Å². The smallest absolute Gasteiger partial charge is 0.219 e.